The summed E-state index contributed by atoms with van der Waals surface area (Å²) in [4.78, 5) is 7.20. The Kier molecular flexibility index (Phi) is 9.96. The lowest BCUT2D eigenvalue weighted by Crippen LogP contribution is -2.46. The van der Waals surface area contributed by atoms with Gasteiger partial charge in [-0.25, -0.2) is 4.99 Å². The molecule has 0 bridgehead atoms. The zero-order valence-electron chi connectivity index (χ0n) is 17.6. The fraction of sp³-hybridized carbons (Fsp3) is 0.500. The number of morpholine rings is 1. The van der Waals surface area contributed by atoms with Gasteiger partial charge in [0.05, 0.1) is 25.8 Å². The number of benzene rings is 1. The van der Waals surface area contributed by atoms with Crippen LogP contribution in [0.25, 0.3) is 0 Å². The van der Waals surface area contributed by atoms with Crippen LogP contribution in [0.15, 0.2) is 45.8 Å². The first kappa shape index (κ1) is 23.7. The number of aliphatic imine (C=N–C) groups is 1. The zero-order chi connectivity index (χ0) is 19.8. The molecule has 1 aromatic carbocycles. The number of aryl methyl sites for hydroxylation is 2. The Morgan fingerprint density at radius 3 is 2.52 bits per heavy atom. The molecule has 2 N–H and O–H groups in total. The molecule has 3 rings (SSSR count). The van der Waals surface area contributed by atoms with E-state index in [1.807, 2.05) is 13.0 Å². The minimum absolute atomic E-state index is 0. The molecule has 0 aliphatic carbocycles. The van der Waals surface area contributed by atoms with E-state index in [1.54, 1.807) is 0 Å². The second-order valence-electron chi connectivity index (χ2n) is 7.12. The molecule has 1 atom stereocenters. The van der Waals surface area contributed by atoms with E-state index in [0.29, 0.717) is 6.54 Å². The summed E-state index contributed by atoms with van der Waals surface area (Å²) in [5.41, 5.74) is 2.51. The van der Waals surface area contributed by atoms with E-state index in [9.17, 15) is 0 Å². The average Bonchev–Trinajstić information content (AvgIpc) is 3.14. The van der Waals surface area contributed by atoms with Crippen molar-refractivity contribution in [1.82, 2.24) is 15.5 Å². The number of hydrogen-bond donors (Lipinski definition) is 2. The summed E-state index contributed by atoms with van der Waals surface area (Å²) >= 11 is 0. The van der Waals surface area contributed by atoms with Crippen LogP contribution < -0.4 is 10.6 Å². The molecule has 0 amide bonds. The van der Waals surface area contributed by atoms with Crippen LogP contribution in [0.1, 0.15) is 35.6 Å². The van der Waals surface area contributed by atoms with Gasteiger partial charge in [0.2, 0.25) is 0 Å². The minimum atomic E-state index is 0. The van der Waals surface area contributed by atoms with Crippen molar-refractivity contribution in [2.75, 3.05) is 39.4 Å². The molecule has 1 unspecified atom stereocenters. The molecule has 7 heteroatoms. The molecule has 160 valence electrons. The highest BCUT2D eigenvalue weighted by Crippen LogP contribution is 2.23. The van der Waals surface area contributed by atoms with Crippen LogP contribution >= 0.6 is 24.0 Å². The molecule has 0 spiro atoms. The van der Waals surface area contributed by atoms with Crippen LogP contribution in [0.3, 0.4) is 0 Å². The van der Waals surface area contributed by atoms with Gasteiger partial charge in [0.15, 0.2) is 5.96 Å². The molecule has 29 heavy (non-hydrogen) atoms. The molecule has 1 aliphatic rings. The zero-order valence-corrected chi connectivity index (χ0v) is 19.9. The van der Waals surface area contributed by atoms with Gasteiger partial charge >= 0.3 is 0 Å². The van der Waals surface area contributed by atoms with E-state index in [0.717, 1.165) is 56.9 Å². The van der Waals surface area contributed by atoms with Crippen molar-refractivity contribution in [3.63, 3.8) is 0 Å². The molecule has 0 radical (unpaired) electrons. The third-order valence-corrected chi connectivity index (χ3v) is 5.05. The molecule has 1 aromatic heterocycles. The summed E-state index contributed by atoms with van der Waals surface area (Å²) in [5, 5.41) is 6.86. The van der Waals surface area contributed by atoms with Gasteiger partial charge < -0.3 is 19.8 Å². The van der Waals surface area contributed by atoms with Crippen molar-refractivity contribution in [3.05, 3.63) is 59.0 Å². The molecular weight excluding hydrogens is 479 g/mol. The van der Waals surface area contributed by atoms with Crippen molar-refractivity contribution in [3.8, 4) is 0 Å². The van der Waals surface area contributed by atoms with Gasteiger partial charge in [-0.1, -0.05) is 24.3 Å². The first-order chi connectivity index (χ1) is 13.7. The Morgan fingerprint density at radius 1 is 1.10 bits per heavy atom. The Hall–Kier alpha value is -1.58. The first-order valence-corrected chi connectivity index (χ1v) is 10.1. The number of nitrogens with one attached hydrogen (secondary N) is 2. The number of nitrogens with zero attached hydrogens (tertiary/aromatic N) is 2. The number of furan rings is 1. The lowest BCUT2D eigenvalue weighted by atomic mass is 10.1. The molecule has 2 heterocycles. The van der Waals surface area contributed by atoms with Crippen LogP contribution in [0, 0.1) is 13.8 Å². The summed E-state index contributed by atoms with van der Waals surface area (Å²) < 4.78 is 11.5. The predicted octanol–water partition coefficient (Wildman–Crippen LogP) is 3.64. The van der Waals surface area contributed by atoms with Crippen molar-refractivity contribution >= 4 is 29.9 Å². The third-order valence-electron chi connectivity index (χ3n) is 5.05. The fourth-order valence-electron chi connectivity index (χ4n) is 3.42. The van der Waals surface area contributed by atoms with Gasteiger partial charge in [-0.15, -0.1) is 24.0 Å². The van der Waals surface area contributed by atoms with Crippen molar-refractivity contribution < 1.29 is 9.15 Å². The van der Waals surface area contributed by atoms with Crippen LogP contribution in [-0.2, 0) is 11.3 Å². The molecule has 0 saturated carbocycles. The SMILES string of the molecule is CCNC(=NCc1ccccc1C)NCC(c1ccc(C)o1)N1CCOCC1.I. The van der Waals surface area contributed by atoms with Gasteiger partial charge in [-0.05, 0) is 44.0 Å². The number of rotatable bonds is 7. The molecule has 1 fully saturated rings. The largest absolute Gasteiger partial charge is 0.465 e. The minimum Gasteiger partial charge on any atom is -0.465 e. The molecule has 6 nitrogen and oxygen atoms in total. The van der Waals surface area contributed by atoms with Gasteiger partial charge in [-0.3, -0.25) is 4.90 Å². The quantitative estimate of drug-likeness (QED) is 0.337. The topological polar surface area (TPSA) is 62.0 Å². The van der Waals surface area contributed by atoms with Crippen molar-refractivity contribution in [1.29, 1.82) is 0 Å². The Bertz CT molecular complexity index is 772. The predicted molar refractivity (Wildman–Crippen MR) is 128 cm³/mol. The highest BCUT2D eigenvalue weighted by atomic mass is 127. The Balaban J connectivity index is 0.00000300. The maximum absolute atomic E-state index is 5.95. The molecular formula is C22H33IN4O2. The van der Waals surface area contributed by atoms with E-state index >= 15 is 0 Å². The summed E-state index contributed by atoms with van der Waals surface area (Å²) in [6.45, 7) is 11.7. The normalized spacial score (nSPS) is 16.2. The summed E-state index contributed by atoms with van der Waals surface area (Å²) in [6.07, 6.45) is 0. The molecule has 1 aliphatic heterocycles. The summed E-state index contributed by atoms with van der Waals surface area (Å²) in [5.74, 6) is 2.75. The summed E-state index contributed by atoms with van der Waals surface area (Å²) in [7, 11) is 0. The number of hydrogen-bond acceptors (Lipinski definition) is 4. The molecule has 2 aromatic rings. The van der Waals surface area contributed by atoms with Gasteiger partial charge in [0.25, 0.3) is 0 Å². The van der Waals surface area contributed by atoms with Crippen LogP contribution in [-0.4, -0.2) is 50.3 Å². The highest BCUT2D eigenvalue weighted by Gasteiger charge is 2.25. The standard InChI is InChI=1S/C22H32N4O2.HI/c1-4-23-22(24-15-19-8-6-5-7-17(19)2)25-16-20(21-10-9-18(3)28-21)26-11-13-27-14-12-26;/h5-10,20H,4,11-16H2,1-3H3,(H2,23,24,25);1H. The van der Waals surface area contributed by atoms with Gasteiger partial charge in [-0.2, -0.15) is 0 Å². The van der Waals surface area contributed by atoms with E-state index in [-0.39, 0.29) is 30.0 Å². The summed E-state index contributed by atoms with van der Waals surface area (Å²) in [6, 6.07) is 12.6. The maximum Gasteiger partial charge on any atom is 0.191 e. The Morgan fingerprint density at radius 2 is 1.86 bits per heavy atom. The number of ether oxygens (including phenoxy) is 1. The second-order valence-corrected chi connectivity index (χ2v) is 7.12. The second kappa shape index (κ2) is 12.2. The number of halogens is 1. The fourth-order valence-corrected chi connectivity index (χ4v) is 3.42. The average molecular weight is 512 g/mol. The van der Waals surface area contributed by atoms with E-state index in [4.69, 9.17) is 14.1 Å². The van der Waals surface area contributed by atoms with E-state index in [2.05, 4.69) is 59.7 Å². The lowest BCUT2D eigenvalue weighted by Gasteiger charge is -2.33. The van der Waals surface area contributed by atoms with Crippen molar-refractivity contribution in [2.24, 2.45) is 4.99 Å². The van der Waals surface area contributed by atoms with E-state index < -0.39 is 0 Å². The monoisotopic (exact) mass is 512 g/mol. The first-order valence-electron chi connectivity index (χ1n) is 10.1. The maximum atomic E-state index is 5.95. The lowest BCUT2D eigenvalue weighted by molar-refractivity contribution is 0.0124. The number of guanidine groups is 1. The van der Waals surface area contributed by atoms with Gasteiger partial charge in [0, 0.05) is 26.2 Å². The highest BCUT2D eigenvalue weighted by molar-refractivity contribution is 14.0. The van der Waals surface area contributed by atoms with Crippen LogP contribution in [0.4, 0.5) is 0 Å². The van der Waals surface area contributed by atoms with Crippen LogP contribution in [0.2, 0.25) is 0 Å². The smallest absolute Gasteiger partial charge is 0.191 e. The third kappa shape index (κ3) is 7.01. The van der Waals surface area contributed by atoms with Crippen molar-refractivity contribution in [2.45, 2.75) is 33.4 Å². The van der Waals surface area contributed by atoms with Crippen LogP contribution in [0.5, 0.6) is 0 Å². The Labute approximate surface area is 191 Å². The molecule has 1 saturated heterocycles. The van der Waals surface area contributed by atoms with E-state index in [1.165, 1.54) is 11.1 Å². The van der Waals surface area contributed by atoms with Gasteiger partial charge in [0.1, 0.15) is 11.5 Å².